The number of imide groups is 1. The topological polar surface area (TPSA) is 85.1 Å². The molecule has 2 saturated heterocycles. The van der Waals surface area contributed by atoms with E-state index in [0.29, 0.717) is 16.6 Å². The molecule has 0 aliphatic carbocycles. The average molecular weight is 397 g/mol. The quantitative estimate of drug-likeness (QED) is 0.750. The summed E-state index contributed by atoms with van der Waals surface area (Å²) < 4.78 is 17.6. The van der Waals surface area contributed by atoms with Crippen LogP contribution in [0.25, 0.3) is 11.0 Å². The second-order valence-electron chi connectivity index (χ2n) is 7.07. The molecule has 2 aromatic rings. The van der Waals surface area contributed by atoms with Crippen LogP contribution in [0.15, 0.2) is 16.9 Å². The molecule has 0 bridgehead atoms. The lowest BCUT2D eigenvalue weighted by atomic mass is 9.89. The van der Waals surface area contributed by atoms with Gasteiger partial charge in [0.05, 0.1) is 11.0 Å². The first kappa shape index (κ1) is 19.6. The Kier molecular flexibility index (Phi) is 5.39. The highest BCUT2D eigenvalue weighted by atomic mass is 35.5. The van der Waals surface area contributed by atoms with E-state index in [4.69, 9.17) is 0 Å². The fraction of sp³-hybridized carbons (Fsp3) is 0.500. The maximum atomic E-state index is 14.9. The molecule has 1 aromatic carbocycles. The Labute approximate surface area is 161 Å². The van der Waals surface area contributed by atoms with Crippen LogP contribution in [0.5, 0.6) is 0 Å². The molecule has 3 heterocycles. The first-order valence-electron chi connectivity index (χ1n) is 8.92. The van der Waals surface area contributed by atoms with Gasteiger partial charge in [-0.3, -0.25) is 24.0 Å². The molecule has 2 aliphatic rings. The largest absolute Gasteiger partial charge is 0.329 e. The number of amides is 2. The first-order chi connectivity index (χ1) is 12.5. The number of aryl methyl sites for hydroxylation is 1. The van der Waals surface area contributed by atoms with Gasteiger partial charge >= 0.3 is 5.69 Å². The third-order valence-electron chi connectivity index (χ3n) is 5.51. The summed E-state index contributed by atoms with van der Waals surface area (Å²) in [5, 5.41) is 5.52. The molecule has 1 aromatic heterocycles. The number of carbonyl (C=O) groups excluding carboxylic acids is 2. The number of piperidine rings is 2. The minimum atomic E-state index is -0.798. The van der Waals surface area contributed by atoms with Crippen molar-refractivity contribution in [1.29, 1.82) is 0 Å². The number of carbonyl (C=O) groups is 2. The van der Waals surface area contributed by atoms with E-state index in [9.17, 15) is 18.8 Å². The summed E-state index contributed by atoms with van der Waals surface area (Å²) in [6.07, 6.45) is 2.10. The van der Waals surface area contributed by atoms with E-state index >= 15 is 0 Å². The zero-order chi connectivity index (χ0) is 18.4. The zero-order valence-corrected chi connectivity index (χ0v) is 15.8. The number of hydrogen-bond donors (Lipinski definition) is 2. The highest BCUT2D eigenvalue weighted by Gasteiger charge is 2.32. The van der Waals surface area contributed by atoms with Gasteiger partial charge in [-0.25, -0.2) is 9.18 Å². The van der Waals surface area contributed by atoms with E-state index in [1.165, 1.54) is 15.2 Å². The minimum Gasteiger partial charge on any atom is -0.317 e. The molecule has 27 heavy (non-hydrogen) atoms. The second-order valence-corrected chi connectivity index (χ2v) is 7.07. The summed E-state index contributed by atoms with van der Waals surface area (Å²) in [6, 6.07) is 2.30. The van der Waals surface area contributed by atoms with Gasteiger partial charge in [0.25, 0.3) is 0 Å². The Morgan fingerprint density at radius 2 is 1.78 bits per heavy atom. The first-order valence-corrected chi connectivity index (χ1v) is 8.92. The predicted molar refractivity (Wildman–Crippen MR) is 101 cm³/mol. The van der Waals surface area contributed by atoms with Gasteiger partial charge < -0.3 is 5.32 Å². The van der Waals surface area contributed by atoms with Crippen LogP contribution < -0.4 is 16.3 Å². The number of rotatable bonds is 2. The minimum absolute atomic E-state index is 0. The van der Waals surface area contributed by atoms with E-state index in [1.54, 1.807) is 13.1 Å². The predicted octanol–water partition coefficient (Wildman–Crippen LogP) is 1.35. The lowest BCUT2D eigenvalue weighted by Gasteiger charge is -2.24. The van der Waals surface area contributed by atoms with Gasteiger partial charge in [0, 0.05) is 19.5 Å². The smallest absolute Gasteiger partial charge is 0.317 e. The van der Waals surface area contributed by atoms with Crippen molar-refractivity contribution in [2.45, 2.75) is 37.6 Å². The molecule has 1 atom stereocenters. The van der Waals surface area contributed by atoms with Crippen molar-refractivity contribution in [1.82, 2.24) is 19.8 Å². The summed E-state index contributed by atoms with van der Waals surface area (Å²) in [4.78, 5) is 36.3. The Hall–Kier alpha value is -2.19. The van der Waals surface area contributed by atoms with Crippen molar-refractivity contribution in [2.75, 3.05) is 13.1 Å². The molecular weight excluding hydrogens is 375 g/mol. The van der Waals surface area contributed by atoms with E-state index in [0.717, 1.165) is 25.9 Å². The second kappa shape index (κ2) is 7.44. The number of fused-ring (bicyclic) bond motifs is 1. The van der Waals surface area contributed by atoms with Crippen LogP contribution >= 0.6 is 12.4 Å². The van der Waals surface area contributed by atoms with Crippen LogP contribution in [0.3, 0.4) is 0 Å². The van der Waals surface area contributed by atoms with E-state index < -0.39 is 11.9 Å². The standard InChI is InChI=1S/C18H21FN4O3.ClH/c1-22-14-8-11(10-4-6-20-7-5-10)12(19)9-15(14)23(18(22)26)13-2-3-16(24)21-17(13)25;/h8-10,13,20H,2-7H2,1H3,(H,21,24,25);1H. The van der Waals surface area contributed by atoms with Crippen LogP contribution in [0.2, 0.25) is 0 Å². The van der Waals surface area contributed by atoms with Gasteiger partial charge in [0.15, 0.2) is 0 Å². The molecule has 7 nitrogen and oxygen atoms in total. The van der Waals surface area contributed by atoms with Gasteiger partial charge in [-0.15, -0.1) is 12.4 Å². The summed E-state index contributed by atoms with van der Waals surface area (Å²) in [7, 11) is 1.62. The Morgan fingerprint density at radius 1 is 1.07 bits per heavy atom. The number of nitrogens with one attached hydrogen (secondary N) is 2. The van der Waals surface area contributed by atoms with Crippen molar-refractivity contribution < 1.29 is 14.0 Å². The van der Waals surface area contributed by atoms with Crippen LogP contribution in [0, 0.1) is 5.82 Å². The number of hydrogen-bond acceptors (Lipinski definition) is 4. The molecule has 0 spiro atoms. The van der Waals surface area contributed by atoms with Crippen molar-refractivity contribution in [3.63, 3.8) is 0 Å². The number of benzene rings is 1. The van der Waals surface area contributed by atoms with E-state index in [-0.39, 0.29) is 48.6 Å². The van der Waals surface area contributed by atoms with Gasteiger partial charge in [0.1, 0.15) is 11.9 Å². The fourth-order valence-corrected chi connectivity index (χ4v) is 4.07. The molecule has 2 aliphatic heterocycles. The normalized spacial score (nSPS) is 21.2. The summed E-state index contributed by atoms with van der Waals surface area (Å²) in [5.41, 5.74) is 1.24. The molecule has 2 fully saturated rings. The van der Waals surface area contributed by atoms with E-state index in [2.05, 4.69) is 10.6 Å². The SMILES string of the molecule is Cl.Cn1c(=O)n(C2CCC(=O)NC2=O)c2cc(F)c(C3CCNCC3)cc21. The van der Waals surface area contributed by atoms with Crippen LogP contribution in [-0.2, 0) is 16.6 Å². The molecule has 9 heteroatoms. The molecule has 0 saturated carbocycles. The highest BCUT2D eigenvalue weighted by molar-refractivity contribution is 6.00. The Morgan fingerprint density at radius 3 is 2.44 bits per heavy atom. The molecular formula is C18H22ClFN4O3. The number of halogens is 2. The molecule has 2 amide bonds. The Balaban J connectivity index is 0.00000210. The fourth-order valence-electron chi connectivity index (χ4n) is 4.07. The molecule has 146 valence electrons. The van der Waals surface area contributed by atoms with Crippen molar-refractivity contribution in [3.8, 4) is 0 Å². The highest BCUT2D eigenvalue weighted by Crippen LogP contribution is 2.31. The van der Waals surface area contributed by atoms with Crippen LogP contribution in [-0.4, -0.2) is 34.0 Å². The summed E-state index contributed by atoms with van der Waals surface area (Å²) in [6.45, 7) is 1.69. The lowest BCUT2D eigenvalue weighted by molar-refractivity contribution is -0.135. The molecule has 2 N–H and O–H groups in total. The van der Waals surface area contributed by atoms with Gasteiger partial charge in [-0.2, -0.15) is 0 Å². The number of nitrogens with zero attached hydrogens (tertiary/aromatic N) is 2. The van der Waals surface area contributed by atoms with Gasteiger partial charge in [-0.05, 0) is 49.9 Å². The molecule has 1 unspecified atom stereocenters. The average Bonchev–Trinajstić information content (AvgIpc) is 2.86. The summed E-state index contributed by atoms with van der Waals surface area (Å²) in [5.74, 6) is -1.09. The van der Waals surface area contributed by atoms with Crippen molar-refractivity contribution >= 4 is 35.3 Å². The number of imidazole rings is 1. The monoisotopic (exact) mass is 396 g/mol. The third kappa shape index (κ3) is 3.27. The maximum Gasteiger partial charge on any atom is 0.329 e. The zero-order valence-electron chi connectivity index (χ0n) is 15.0. The molecule has 0 radical (unpaired) electrons. The van der Waals surface area contributed by atoms with Gasteiger partial charge in [0.2, 0.25) is 11.8 Å². The Bertz CT molecular complexity index is 962. The lowest BCUT2D eigenvalue weighted by Crippen LogP contribution is -2.44. The van der Waals surface area contributed by atoms with Crippen LogP contribution in [0.4, 0.5) is 4.39 Å². The molecule has 4 rings (SSSR count). The van der Waals surface area contributed by atoms with Crippen molar-refractivity contribution in [2.24, 2.45) is 7.05 Å². The number of aromatic nitrogens is 2. The van der Waals surface area contributed by atoms with Gasteiger partial charge in [-0.1, -0.05) is 0 Å². The maximum absolute atomic E-state index is 14.9. The van der Waals surface area contributed by atoms with Crippen LogP contribution in [0.1, 0.15) is 43.2 Å². The van der Waals surface area contributed by atoms with Crippen molar-refractivity contribution in [3.05, 3.63) is 34.0 Å². The van der Waals surface area contributed by atoms with E-state index in [1.807, 2.05) is 0 Å². The third-order valence-corrected chi connectivity index (χ3v) is 5.51. The summed E-state index contributed by atoms with van der Waals surface area (Å²) >= 11 is 0.